The molecule has 0 radical (unpaired) electrons. The molecular formula is C11H13ClF2N2O3S2. The van der Waals surface area contributed by atoms with E-state index >= 15 is 0 Å². The van der Waals surface area contributed by atoms with Gasteiger partial charge >= 0.3 is 0 Å². The van der Waals surface area contributed by atoms with Gasteiger partial charge in [-0.15, -0.1) is 0 Å². The van der Waals surface area contributed by atoms with Crippen LogP contribution in [0.1, 0.15) is 5.56 Å². The quantitative estimate of drug-likeness (QED) is 0.716. The third-order valence-electron chi connectivity index (χ3n) is 2.53. The van der Waals surface area contributed by atoms with Crippen molar-refractivity contribution < 1.29 is 22.3 Å². The largest absolute Gasteiger partial charge is 0.395 e. The molecule has 21 heavy (non-hydrogen) atoms. The molecule has 0 bridgehead atoms. The maximum absolute atomic E-state index is 12.5. The number of sulfonamides is 1. The van der Waals surface area contributed by atoms with Crippen LogP contribution in [0.15, 0.2) is 23.1 Å². The lowest BCUT2D eigenvalue weighted by Gasteiger charge is -2.21. The molecule has 0 unspecified atom stereocenters. The van der Waals surface area contributed by atoms with Gasteiger partial charge in [-0.3, -0.25) is 0 Å². The first-order valence-electron chi connectivity index (χ1n) is 5.68. The lowest BCUT2D eigenvalue weighted by atomic mass is 10.2. The topological polar surface area (TPSA) is 83.6 Å². The number of alkyl halides is 2. The molecular weight excluding hydrogens is 346 g/mol. The first-order chi connectivity index (χ1) is 9.70. The summed E-state index contributed by atoms with van der Waals surface area (Å²) in [6.07, 6.45) is -2.87. The molecule has 0 saturated carbocycles. The van der Waals surface area contributed by atoms with Gasteiger partial charge in [0.2, 0.25) is 10.0 Å². The Hall–Kier alpha value is -0.870. The number of thiocarbonyl (C=S) groups is 1. The van der Waals surface area contributed by atoms with E-state index in [1.54, 1.807) is 0 Å². The van der Waals surface area contributed by atoms with Crippen LogP contribution in [0.2, 0.25) is 5.02 Å². The second kappa shape index (κ2) is 7.41. The second-order valence-corrected chi connectivity index (χ2v) is 6.74. The van der Waals surface area contributed by atoms with Gasteiger partial charge in [-0.05, 0) is 12.1 Å². The van der Waals surface area contributed by atoms with E-state index in [1.807, 2.05) is 0 Å². The summed E-state index contributed by atoms with van der Waals surface area (Å²) in [5.74, 6) is 0. The Morgan fingerprint density at radius 2 is 2.10 bits per heavy atom. The molecule has 0 aromatic heterocycles. The molecule has 0 amide bonds. The van der Waals surface area contributed by atoms with Gasteiger partial charge in [-0.25, -0.2) is 17.2 Å². The van der Waals surface area contributed by atoms with E-state index in [0.717, 1.165) is 6.07 Å². The van der Waals surface area contributed by atoms with E-state index < -0.39 is 36.1 Å². The van der Waals surface area contributed by atoms with E-state index in [2.05, 4.69) is 0 Å². The molecule has 0 aliphatic carbocycles. The molecule has 0 atom stereocenters. The predicted molar refractivity (Wildman–Crippen MR) is 79.2 cm³/mol. The van der Waals surface area contributed by atoms with Gasteiger partial charge in [-0.2, -0.15) is 4.31 Å². The minimum Gasteiger partial charge on any atom is -0.395 e. The molecule has 0 spiro atoms. The molecule has 0 fully saturated rings. The standard InChI is InChI=1S/C11H13ClF2N2O3S2/c12-8-5-7(11(15)20)1-2-9(8)21(18,19)16(3-4-17)6-10(13)14/h1-2,5,10,17H,3-4,6H2,(H2,15,20). The number of hydrogen-bond acceptors (Lipinski definition) is 4. The fraction of sp³-hybridized carbons (Fsp3) is 0.364. The third-order valence-corrected chi connectivity index (χ3v) is 5.11. The van der Waals surface area contributed by atoms with Gasteiger partial charge in [0.15, 0.2) is 0 Å². The summed E-state index contributed by atoms with van der Waals surface area (Å²) in [5.41, 5.74) is 5.75. The van der Waals surface area contributed by atoms with Gasteiger partial charge in [0, 0.05) is 12.1 Å². The van der Waals surface area contributed by atoms with Crippen molar-refractivity contribution >= 4 is 38.8 Å². The normalized spacial score (nSPS) is 12.1. The fourth-order valence-corrected chi connectivity index (χ4v) is 3.63. The Balaban J connectivity index is 3.24. The van der Waals surface area contributed by atoms with Crippen LogP contribution in [0, 0.1) is 0 Å². The molecule has 3 N–H and O–H groups in total. The highest BCUT2D eigenvalue weighted by Crippen LogP contribution is 2.26. The van der Waals surface area contributed by atoms with Crippen molar-refractivity contribution in [2.45, 2.75) is 11.3 Å². The number of halogens is 3. The van der Waals surface area contributed by atoms with E-state index in [1.165, 1.54) is 12.1 Å². The summed E-state index contributed by atoms with van der Waals surface area (Å²) in [6, 6.07) is 3.72. The van der Waals surface area contributed by atoms with E-state index in [0.29, 0.717) is 9.87 Å². The van der Waals surface area contributed by atoms with Crippen LogP contribution < -0.4 is 5.73 Å². The molecule has 0 saturated heterocycles. The Morgan fingerprint density at radius 3 is 2.52 bits per heavy atom. The summed E-state index contributed by atoms with van der Waals surface area (Å²) in [5, 5.41) is 8.65. The number of aliphatic hydroxyl groups is 1. The van der Waals surface area contributed by atoms with Gasteiger partial charge < -0.3 is 10.8 Å². The number of aliphatic hydroxyl groups excluding tert-OH is 1. The molecule has 1 aromatic rings. The van der Waals surface area contributed by atoms with Crippen molar-refractivity contribution in [2.75, 3.05) is 19.7 Å². The van der Waals surface area contributed by atoms with E-state index in [-0.39, 0.29) is 14.9 Å². The van der Waals surface area contributed by atoms with Gasteiger partial charge in [0.25, 0.3) is 6.43 Å². The van der Waals surface area contributed by atoms with Crippen LogP contribution in [0.25, 0.3) is 0 Å². The zero-order valence-corrected chi connectivity index (χ0v) is 13.1. The highest BCUT2D eigenvalue weighted by molar-refractivity contribution is 7.89. The number of benzene rings is 1. The van der Waals surface area contributed by atoms with Crippen molar-refractivity contribution in [2.24, 2.45) is 5.73 Å². The van der Waals surface area contributed by atoms with Crippen molar-refractivity contribution in [1.82, 2.24) is 4.31 Å². The van der Waals surface area contributed by atoms with E-state index in [4.69, 9.17) is 34.7 Å². The molecule has 1 aromatic carbocycles. The zero-order chi connectivity index (χ0) is 16.2. The maximum atomic E-state index is 12.5. The first-order valence-corrected chi connectivity index (χ1v) is 7.91. The number of rotatable bonds is 7. The summed E-state index contributed by atoms with van der Waals surface area (Å²) >= 11 is 10.6. The molecule has 0 heterocycles. The highest BCUT2D eigenvalue weighted by atomic mass is 35.5. The maximum Gasteiger partial charge on any atom is 0.252 e. The lowest BCUT2D eigenvalue weighted by molar-refractivity contribution is 0.113. The monoisotopic (exact) mass is 358 g/mol. The first kappa shape index (κ1) is 18.2. The van der Waals surface area contributed by atoms with Gasteiger partial charge in [-0.1, -0.05) is 29.9 Å². The minimum atomic E-state index is -4.25. The minimum absolute atomic E-state index is 0.0284. The van der Waals surface area contributed by atoms with Crippen molar-refractivity contribution in [3.05, 3.63) is 28.8 Å². The lowest BCUT2D eigenvalue weighted by Crippen LogP contribution is -2.37. The van der Waals surface area contributed by atoms with Crippen LogP contribution in [0.3, 0.4) is 0 Å². The summed E-state index contributed by atoms with van der Waals surface area (Å²) in [4.78, 5) is -0.320. The Kier molecular flexibility index (Phi) is 6.41. The van der Waals surface area contributed by atoms with Crippen LogP contribution in [0.5, 0.6) is 0 Å². The van der Waals surface area contributed by atoms with Crippen molar-refractivity contribution in [1.29, 1.82) is 0 Å². The van der Waals surface area contributed by atoms with Crippen LogP contribution in [-0.2, 0) is 10.0 Å². The number of nitrogens with two attached hydrogens (primary N) is 1. The second-order valence-electron chi connectivity index (χ2n) is 3.99. The Bertz CT molecular complexity index is 626. The zero-order valence-electron chi connectivity index (χ0n) is 10.7. The molecule has 1 rings (SSSR count). The average molecular weight is 359 g/mol. The highest BCUT2D eigenvalue weighted by Gasteiger charge is 2.28. The van der Waals surface area contributed by atoms with Crippen LogP contribution in [-0.4, -0.2) is 48.9 Å². The molecule has 5 nitrogen and oxygen atoms in total. The van der Waals surface area contributed by atoms with Crippen molar-refractivity contribution in [3.8, 4) is 0 Å². The summed E-state index contributed by atoms with van der Waals surface area (Å²) in [7, 11) is -4.25. The SMILES string of the molecule is NC(=S)c1ccc(S(=O)(=O)N(CCO)CC(F)F)c(Cl)c1. The summed E-state index contributed by atoms with van der Waals surface area (Å²) < 4.78 is 50.0. The fourth-order valence-electron chi connectivity index (χ4n) is 1.58. The number of nitrogens with zero attached hydrogens (tertiary/aromatic N) is 1. The van der Waals surface area contributed by atoms with Crippen LogP contribution in [0.4, 0.5) is 8.78 Å². The smallest absolute Gasteiger partial charge is 0.252 e. The van der Waals surface area contributed by atoms with Crippen LogP contribution >= 0.6 is 23.8 Å². The molecule has 0 aliphatic heterocycles. The third kappa shape index (κ3) is 4.55. The number of hydrogen-bond donors (Lipinski definition) is 2. The van der Waals surface area contributed by atoms with Gasteiger partial charge in [0.1, 0.15) is 9.88 Å². The van der Waals surface area contributed by atoms with E-state index in [9.17, 15) is 17.2 Å². The average Bonchev–Trinajstić information content (AvgIpc) is 2.37. The van der Waals surface area contributed by atoms with Crippen molar-refractivity contribution in [3.63, 3.8) is 0 Å². The van der Waals surface area contributed by atoms with Gasteiger partial charge in [0.05, 0.1) is 18.2 Å². The Morgan fingerprint density at radius 1 is 1.48 bits per heavy atom. The molecule has 10 heteroatoms. The Labute approximate surface area is 131 Å². The molecule has 118 valence electrons. The predicted octanol–water partition coefficient (Wildman–Crippen LogP) is 1.22. The summed E-state index contributed by atoms with van der Waals surface area (Å²) in [6.45, 7) is -2.08. The molecule has 0 aliphatic rings.